The maximum atomic E-state index is 11.9. The number of hydrogen-bond donors (Lipinski definition) is 3. The van der Waals surface area contributed by atoms with Crippen molar-refractivity contribution in [3.05, 3.63) is 11.9 Å². The number of carbonyl (C=O) groups excluding carboxylic acids is 1. The normalized spacial score (nSPS) is 14.7. The van der Waals surface area contributed by atoms with Crippen LogP contribution in [0.4, 0.5) is 11.6 Å². The van der Waals surface area contributed by atoms with E-state index < -0.39 is 0 Å². The van der Waals surface area contributed by atoms with E-state index in [1.807, 2.05) is 27.8 Å². The SMILES string of the molecule is CN(CC(=O)NC1CC1)c1cc(NN)nc(C(C)(C)C)n1. The summed E-state index contributed by atoms with van der Waals surface area (Å²) in [4.78, 5) is 22.6. The molecule has 0 aliphatic heterocycles. The van der Waals surface area contributed by atoms with Crippen LogP contribution < -0.4 is 21.5 Å². The molecule has 1 aliphatic carbocycles. The molecular weight excluding hydrogens is 268 g/mol. The van der Waals surface area contributed by atoms with E-state index in [2.05, 4.69) is 20.7 Å². The summed E-state index contributed by atoms with van der Waals surface area (Å²) in [6.45, 7) is 6.37. The molecule has 0 aromatic carbocycles. The van der Waals surface area contributed by atoms with E-state index in [1.54, 1.807) is 11.0 Å². The lowest BCUT2D eigenvalue weighted by atomic mass is 9.96. The fourth-order valence-corrected chi connectivity index (χ4v) is 1.84. The van der Waals surface area contributed by atoms with Gasteiger partial charge in [0.2, 0.25) is 5.91 Å². The Bertz CT molecular complexity index is 521. The molecule has 1 amide bonds. The van der Waals surface area contributed by atoms with Crippen LogP contribution >= 0.6 is 0 Å². The quantitative estimate of drug-likeness (QED) is 0.548. The highest BCUT2D eigenvalue weighted by Gasteiger charge is 2.24. The topological polar surface area (TPSA) is 96.2 Å². The molecule has 21 heavy (non-hydrogen) atoms. The van der Waals surface area contributed by atoms with Crippen LogP contribution in [0, 0.1) is 0 Å². The highest BCUT2D eigenvalue weighted by molar-refractivity contribution is 5.81. The summed E-state index contributed by atoms with van der Waals surface area (Å²) >= 11 is 0. The fourth-order valence-electron chi connectivity index (χ4n) is 1.84. The van der Waals surface area contributed by atoms with Crippen molar-refractivity contribution in [1.29, 1.82) is 0 Å². The number of carbonyl (C=O) groups is 1. The first-order valence-corrected chi connectivity index (χ1v) is 7.16. The first-order valence-electron chi connectivity index (χ1n) is 7.16. The van der Waals surface area contributed by atoms with Crippen molar-refractivity contribution in [1.82, 2.24) is 15.3 Å². The van der Waals surface area contributed by atoms with Crippen molar-refractivity contribution in [2.24, 2.45) is 5.84 Å². The molecule has 1 aromatic rings. The number of nitrogen functional groups attached to an aromatic ring is 1. The Morgan fingerprint density at radius 2 is 2.10 bits per heavy atom. The monoisotopic (exact) mass is 292 g/mol. The second-order valence-corrected chi connectivity index (χ2v) is 6.53. The summed E-state index contributed by atoms with van der Waals surface area (Å²) in [5.41, 5.74) is 2.36. The molecular formula is C14H24N6O. The number of rotatable bonds is 5. The van der Waals surface area contributed by atoms with Gasteiger partial charge in [-0.3, -0.25) is 4.79 Å². The van der Waals surface area contributed by atoms with Crippen LogP contribution in [0.1, 0.15) is 39.4 Å². The van der Waals surface area contributed by atoms with E-state index >= 15 is 0 Å². The molecule has 7 heteroatoms. The van der Waals surface area contributed by atoms with E-state index in [4.69, 9.17) is 5.84 Å². The van der Waals surface area contributed by atoms with Gasteiger partial charge < -0.3 is 15.6 Å². The summed E-state index contributed by atoms with van der Waals surface area (Å²) in [5.74, 6) is 7.38. The molecule has 0 spiro atoms. The molecule has 2 rings (SSSR count). The average molecular weight is 292 g/mol. The summed E-state index contributed by atoms with van der Waals surface area (Å²) in [6.07, 6.45) is 2.16. The van der Waals surface area contributed by atoms with Gasteiger partial charge in [-0.05, 0) is 12.8 Å². The van der Waals surface area contributed by atoms with E-state index in [0.29, 0.717) is 23.5 Å². The van der Waals surface area contributed by atoms with Crippen LogP contribution in [0.2, 0.25) is 0 Å². The Labute approximate surface area is 125 Å². The number of nitrogens with two attached hydrogens (primary N) is 1. The van der Waals surface area contributed by atoms with E-state index in [1.165, 1.54) is 0 Å². The van der Waals surface area contributed by atoms with Crippen molar-refractivity contribution in [2.75, 3.05) is 23.9 Å². The second kappa shape index (κ2) is 5.85. The minimum atomic E-state index is -0.196. The molecule has 7 nitrogen and oxygen atoms in total. The fraction of sp³-hybridized carbons (Fsp3) is 0.643. The van der Waals surface area contributed by atoms with Gasteiger partial charge in [0.1, 0.15) is 17.5 Å². The van der Waals surface area contributed by atoms with Gasteiger partial charge in [-0.15, -0.1) is 0 Å². The number of anilines is 2. The Morgan fingerprint density at radius 1 is 1.43 bits per heavy atom. The van der Waals surface area contributed by atoms with Crippen LogP contribution in [0.3, 0.4) is 0 Å². The summed E-state index contributed by atoms with van der Waals surface area (Å²) in [5, 5.41) is 2.96. The predicted octanol–water partition coefficient (Wildman–Crippen LogP) is 0.774. The molecule has 0 atom stereocenters. The van der Waals surface area contributed by atoms with Crippen molar-refractivity contribution < 1.29 is 4.79 Å². The van der Waals surface area contributed by atoms with Crippen molar-refractivity contribution >= 4 is 17.5 Å². The lowest BCUT2D eigenvalue weighted by Gasteiger charge is -2.22. The average Bonchev–Trinajstić information content (AvgIpc) is 3.20. The van der Waals surface area contributed by atoms with Gasteiger partial charge in [0.15, 0.2) is 0 Å². The van der Waals surface area contributed by atoms with Gasteiger partial charge in [0, 0.05) is 24.6 Å². The van der Waals surface area contributed by atoms with Gasteiger partial charge in [0.25, 0.3) is 0 Å². The summed E-state index contributed by atoms with van der Waals surface area (Å²) < 4.78 is 0. The van der Waals surface area contributed by atoms with E-state index in [-0.39, 0.29) is 17.9 Å². The van der Waals surface area contributed by atoms with Crippen LogP contribution in [-0.4, -0.2) is 35.5 Å². The largest absolute Gasteiger partial charge is 0.352 e. The third kappa shape index (κ3) is 4.29. The van der Waals surface area contributed by atoms with Crippen LogP contribution in [-0.2, 0) is 10.2 Å². The maximum Gasteiger partial charge on any atom is 0.239 e. The highest BCUT2D eigenvalue weighted by atomic mass is 16.2. The first-order chi connectivity index (χ1) is 9.79. The van der Waals surface area contributed by atoms with Gasteiger partial charge in [-0.25, -0.2) is 15.8 Å². The maximum absolute atomic E-state index is 11.9. The number of nitrogens with zero attached hydrogens (tertiary/aromatic N) is 3. The molecule has 1 fully saturated rings. The molecule has 4 N–H and O–H groups in total. The van der Waals surface area contributed by atoms with Crippen molar-refractivity contribution in [2.45, 2.75) is 45.1 Å². The van der Waals surface area contributed by atoms with Gasteiger partial charge in [-0.2, -0.15) is 0 Å². The standard InChI is InChI=1S/C14H24N6O/c1-14(2,3)13-17-10(19-15)7-11(18-13)20(4)8-12(21)16-9-5-6-9/h7,9H,5-6,8,15H2,1-4H3,(H,16,21)(H,17,18,19). The molecule has 0 saturated heterocycles. The lowest BCUT2D eigenvalue weighted by Crippen LogP contribution is -2.37. The zero-order valence-corrected chi connectivity index (χ0v) is 13.1. The van der Waals surface area contributed by atoms with E-state index in [9.17, 15) is 4.79 Å². The minimum absolute atomic E-state index is 0.0122. The van der Waals surface area contributed by atoms with E-state index in [0.717, 1.165) is 12.8 Å². The first kappa shape index (κ1) is 15.5. The molecule has 1 aliphatic rings. The smallest absolute Gasteiger partial charge is 0.239 e. The van der Waals surface area contributed by atoms with Crippen molar-refractivity contribution in [3.8, 4) is 0 Å². The minimum Gasteiger partial charge on any atom is -0.352 e. The number of hydrazine groups is 1. The third-order valence-corrected chi connectivity index (χ3v) is 3.25. The van der Waals surface area contributed by atoms with Gasteiger partial charge >= 0.3 is 0 Å². The van der Waals surface area contributed by atoms with Crippen molar-refractivity contribution in [3.63, 3.8) is 0 Å². The molecule has 1 aromatic heterocycles. The Balaban J connectivity index is 2.14. The Morgan fingerprint density at radius 3 is 2.62 bits per heavy atom. The Hall–Kier alpha value is -1.89. The summed E-state index contributed by atoms with van der Waals surface area (Å²) in [7, 11) is 1.83. The number of aromatic nitrogens is 2. The van der Waals surface area contributed by atoms with Gasteiger partial charge in [-0.1, -0.05) is 20.8 Å². The number of amides is 1. The van der Waals surface area contributed by atoms with Crippen LogP contribution in [0.5, 0.6) is 0 Å². The number of likely N-dealkylation sites (N-methyl/N-ethyl adjacent to an activating group) is 1. The highest BCUT2D eigenvalue weighted by Crippen LogP contribution is 2.23. The zero-order chi connectivity index (χ0) is 15.6. The molecule has 0 unspecified atom stereocenters. The third-order valence-electron chi connectivity index (χ3n) is 3.25. The lowest BCUT2D eigenvalue weighted by molar-refractivity contribution is -0.119. The molecule has 1 heterocycles. The molecule has 0 radical (unpaired) electrons. The van der Waals surface area contributed by atoms with Crippen LogP contribution in [0.15, 0.2) is 6.07 Å². The number of nitrogens with one attached hydrogen (secondary N) is 2. The molecule has 1 saturated carbocycles. The Kier molecular flexibility index (Phi) is 4.32. The zero-order valence-electron chi connectivity index (χ0n) is 13.1. The van der Waals surface area contributed by atoms with Gasteiger partial charge in [0.05, 0.1) is 6.54 Å². The summed E-state index contributed by atoms with van der Waals surface area (Å²) in [6, 6.07) is 2.10. The predicted molar refractivity (Wildman–Crippen MR) is 83.0 cm³/mol. The molecule has 0 bridgehead atoms. The number of hydrogen-bond acceptors (Lipinski definition) is 6. The second-order valence-electron chi connectivity index (χ2n) is 6.53. The van der Waals surface area contributed by atoms with Crippen LogP contribution in [0.25, 0.3) is 0 Å². The molecule has 116 valence electrons.